The minimum atomic E-state index is -4.14. The van der Waals surface area contributed by atoms with Gasteiger partial charge in [0.2, 0.25) is 5.91 Å². The number of sulfonamides is 1. The summed E-state index contributed by atoms with van der Waals surface area (Å²) < 4.78 is 40.1. The van der Waals surface area contributed by atoms with Gasteiger partial charge in [0.05, 0.1) is 25.9 Å². The first kappa shape index (κ1) is 25.6. The van der Waals surface area contributed by atoms with Gasteiger partial charge in [-0.1, -0.05) is 34.1 Å². The van der Waals surface area contributed by atoms with Crippen LogP contribution >= 0.6 is 15.9 Å². The van der Waals surface area contributed by atoms with Gasteiger partial charge in [-0.2, -0.15) is 0 Å². The molecule has 3 aromatic rings. The first-order chi connectivity index (χ1) is 16.1. The van der Waals surface area contributed by atoms with Crippen molar-refractivity contribution >= 4 is 37.5 Å². The van der Waals surface area contributed by atoms with Gasteiger partial charge in [-0.25, -0.2) is 8.42 Å². The highest BCUT2D eigenvalue weighted by Crippen LogP contribution is 2.31. The molecule has 34 heavy (non-hydrogen) atoms. The fraction of sp³-hybridized carbons (Fsp3) is 0.240. The number of halogens is 1. The van der Waals surface area contributed by atoms with Crippen molar-refractivity contribution in [3.63, 3.8) is 0 Å². The van der Waals surface area contributed by atoms with E-state index in [1.807, 2.05) is 31.2 Å². The highest BCUT2D eigenvalue weighted by molar-refractivity contribution is 9.10. The Bertz CT molecular complexity index is 1250. The summed E-state index contributed by atoms with van der Waals surface area (Å²) in [5, 5.41) is 2.89. The molecular weight excluding hydrogens is 520 g/mol. The van der Waals surface area contributed by atoms with Crippen molar-refractivity contribution in [1.82, 2.24) is 5.32 Å². The molecule has 180 valence electrons. The van der Waals surface area contributed by atoms with Gasteiger partial charge in [0.25, 0.3) is 10.0 Å². The zero-order valence-electron chi connectivity index (χ0n) is 19.4. The molecule has 0 radical (unpaired) electrons. The first-order valence-electron chi connectivity index (χ1n) is 10.5. The maximum Gasteiger partial charge on any atom is 0.268 e. The van der Waals surface area contributed by atoms with E-state index in [1.54, 1.807) is 43.3 Å². The summed E-state index contributed by atoms with van der Waals surface area (Å²) in [5.74, 6) is 0.330. The number of amides is 1. The Balaban J connectivity index is 1.96. The zero-order valence-corrected chi connectivity index (χ0v) is 21.8. The molecule has 0 aliphatic carbocycles. The van der Waals surface area contributed by atoms with E-state index in [2.05, 4.69) is 21.2 Å². The van der Waals surface area contributed by atoms with Crippen LogP contribution in [0.3, 0.4) is 0 Å². The number of carbonyl (C=O) groups is 1. The maximum atomic E-state index is 13.8. The smallest absolute Gasteiger partial charge is 0.268 e. The van der Waals surface area contributed by atoms with Gasteiger partial charge in [-0.3, -0.25) is 9.10 Å². The van der Waals surface area contributed by atoms with E-state index in [4.69, 9.17) is 9.47 Å². The van der Waals surface area contributed by atoms with E-state index in [0.29, 0.717) is 11.4 Å². The number of hydrogen-bond acceptors (Lipinski definition) is 5. The molecule has 9 heteroatoms. The van der Waals surface area contributed by atoms with Crippen LogP contribution in [0.1, 0.15) is 24.1 Å². The predicted molar refractivity (Wildman–Crippen MR) is 136 cm³/mol. The van der Waals surface area contributed by atoms with Crippen molar-refractivity contribution in [3.05, 3.63) is 82.3 Å². The van der Waals surface area contributed by atoms with Crippen LogP contribution in [0.5, 0.6) is 11.5 Å². The topological polar surface area (TPSA) is 84.9 Å². The van der Waals surface area contributed by atoms with Gasteiger partial charge in [0.15, 0.2) is 0 Å². The first-order valence-corrected chi connectivity index (χ1v) is 12.7. The van der Waals surface area contributed by atoms with Gasteiger partial charge < -0.3 is 14.8 Å². The lowest BCUT2D eigenvalue weighted by Crippen LogP contribution is -2.41. The third-order valence-corrected chi connectivity index (χ3v) is 7.61. The SMILES string of the molecule is COc1ccc(N(CC(=O)N[C@H](C)c2ccc(Br)cc2)S(=O)(=O)c2cc(C)ccc2OC)cc1. The van der Waals surface area contributed by atoms with E-state index >= 15 is 0 Å². The molecule has 0 aliphatic heterocycles. The second-order valence-electron chi connectivity index (χ2n) is 7.70. The number of benzene rings is 3. The van der Waals surface area contributed by atoms with Gasteiger partial charge >= 0.3 is 0 Å². The largest absolute Gasteiger partial charge is 0.497 e. The Kier molecular flexibility index (Phi) is 8.22. The summed E-state index contributed by atoms with van der Waals surface area (Å²) in [6.45, 7) is 3.23. The minimum Gasteiger partial charge on any atom is -0.497 e. The summed E-state index contributed by atoms with van der Waals surface area (Å²) >= 11 is 3.40. The molecule has 0 unspecified atom stereocenters. The van der Waals surface area contributed by atoms with Gasteiger partial charge in [0.1, 0.15) is 22.9 Å². The van der Waals surface area contributed by atoms with Gasteiger partial charge in [0, 0.05) is 4.47 Å². The molecule has 0 saturated heterocycles. The van der Waals surface area contributed by atoms with E-state index < -0.39 is 22.5 Å². The lowest BCUT2D eigenvalue weighted by molar-refractivity contribution is -0.120. The second-order valence-corrected chi connectivity index (χ2v) is 10.5. The third kappa shape index (κ3) is 5.90. The summed E-state index contributed by atoms with van der Waals surface area (Å²) in [4.78, 5) is 13.0. The van der Waals surface area contributed by atoms with Crippen LogP contribution in [0.4, 0.5) is 5.69 Å². The van der Waals surface area contributed by atoms with Crippen LogP contribution in [0.2, 0.25) is 0 Å². The molecule has 0 aromatic heterocycles. The molecule has 0 fully saturated rings. The zero-order chi connectivity index (χ0) is 24.9. The number of nitrogens with one attached hydrogen (secondary N) is 1. The minimum absolute atomic E-state index is 0.0143. The van der Waals surface area contributed by atoms with Crippen molar-refractivity contribution < 1.29 is 22.7 Å². The van der Waals surface area contributed by atoms with Crippen molar-refractivity contribution in [2.75, 3.05) is 25.1 Å². The van der Waals surface area contributed by atoms with Crippen LogP contribution in [-0.2, 0) is 14.8 Å². The molecule has 0 heterocycles. The molecule has 0 saturated carbocycles. The summed E-state index contributed by atoms with van der Waals surface area (Å²) in [7, 11) is -1.20. The number of aryl methyl sites for hydroxylation is 1. The second kappa shape index (κ2) is 10.9. The Morgan fingerprint density at radius 2 is 1.65 bits per heavy atom. The van der Waals surface area contributed by atoms with Crippen molar-refractivity contribution in [1.29, 1.82) is 0 Å². The molecule has 1 amide bonds. The van der Waals surface area contributed by atoms with Crippen LogP contribution in [0, 0.1) is 6.92 Å². The average Bonchev–Trinajstić information content (AvgIpc) is 2.83. The van der Waals surface area contributed by atoms with Crippen LogP contribution in [0.15, 0.2) is 76.1 Å². The lowest BCUT2D eigenvalue weighted by atomic mass is 10.1. The molecule has 1 atom stereocenters. The molecule has 0 aliphatic rings. The molecule has 0 spiro atoms. The van der Waals surface area contributed by atoms with E-state index in [9.17, 15) is 13.2 Å². The fourth-order valence-corrected chi connectivity index (χ4v) is 5.35. The fourth-order valence-electron chi connectivity index (χ4n) is 3.42. The Labute approximate surface area is 208 Å². The van der Waals surface area contributed by atoms with Crippen molar-refractivity contribution in [2.24, 2.45) is 0 Å². The Hall–Kier alpha value is -3.04. The van der Waals surface area contributed by atoms with Crippen molar-refractivity contribution in [3.8, 4) is 11.5 Å². The summed E-state index contributed by atoms with van der Waals surface area (Å²) in [6, 6.07) is 18.6. The normalized spacial score (nSPS) is 12.0. The highest BCUT2D eigenvalue weighted by Gasteiger charge is 2.30. The number of carbonyl (C=O) groups excluding carboxylic acids is 1. The summed E-state index contributed by atoms with van der Waals surface area (Å²) in [5.41, 5.74) is 1.98. The third-order valence-electron chi connectivity index (χ3n) is 5.28. The predicted octanol–water partition coefficient (Wildman–Crippen LogP) is 4.85. The standard InChI is InChI=1S/C25H27BrN2O5S/c1-17-5-14-23(33-4)24(15-17)34(30,31)28(21-10-12-22(32-3)13-11-21)16-25(29)27-18(2)19-6-8-20(26)9-7-19/h5-15,18H,16H2,1-4H3,(H,27,29)/t18-/m1/s1. The monoisotopic (exact) mass is 546 g/mol. The molecule has 3 rings (SSSR count). The van der Waals surface area contributed by atoms with Crippen LogP contribution in [-0.4, -0.2) is 35.1 Å². The molecule has 7 nitrogen and oxygen atoms in total. The van der Waals surface area contributed by atoms with Gasteiger partial charge in [-0.05, 0) is 73.5 Å². The number of anilines is 1. The van der Waals surface area contributed by atoms with Crippen LogP contribution < -0.4 is 19.1 Å². The molecule has 3 aromatic carbocycles. The Morgan fingerprint density at radius 1 is 1.00 bits per heavy atom. The number of hydrogen-bond donors (Lipinski definition) is 1. The number of methoxy groups -OCH3 is 2. The lowest BCUT2D eigenvalue weighted by Gasteiger charge is -2.26. The van der Waals surface area contributed by atoms with E-state index in [0.717, 1.165) is 19.9 Å². The van der Waals surface area contributed by atoms with E-state index in [-0.39, 0.29) is 16.7 Å². The quantitative estimate of drug-likeness (QED) is 0.414. The summed E-state index contributed by atoms with van der Waals surface area (Å²) in [6.07, 6.45) is 0. The van der Waals surface area contributed by atoms with Gasteiger partial charge in [-0.15, -0.1) is 0 Å². The molecule has 1 N–H and O–H groups in total. The molecular formula is C25H27BrN2O5S. The van der Waals surface area contributed by atoms with Crippen molar-refractivity contribution in [2.45, 2.75) is 24.8 Å². The van der Waals surface area contributed by atoms with E-state index in [1.165, 1.54) is 20.3 Å². The van der Waals surface area contributed by atoms with Crippen LogP contribution in [0.25, 0.3) is 0 Å². The number of rotatable bonds is 9. The molecule has 0 bridgehead atoms. The highest BCUT2D eigenvalue weighted by atomic mass is 79.9. The maximum absolute atomic E-state index is 13.8. The Morgan fingerprint density at radius 3 is 2.24 bits per heavy atom. The number of ether oxygens (including phenoxy) is 2. The average molecular weight is 547 g/mol. The number of nitrogens with zero attached hydrogens (tertiary/aromatic N) is 1.